The van der Waals surface area contributed by atoms with E-state index in [0.29, 0.717) is 11.3 Å². The van der Waals surface area contributed by atoms with Crippen molar-refractivity contribution in [3.05, 3.63) is 143 Å². The van der Waals surface area contributed by atoms with Crippen LogP contribution in [0.4, 0.5) is 5.69 Å². The number of fused-ring (bicyclic) bond motifs is 9. The topological polar surface area (TPSA) is 33.1 Å². The molecule has 0 N–H and O–H groups in total. The van der Waals surface area contributed by atoms with Gasteiger partial charge in [0.2, 0.25) is 0 Å². The Kier molecular flexibility index (Phi) is 5.25. The fourth-order valence-electron chi connectivity index (χ4n) is 7.46. The second-order valence-electron chi connectivity index (χ2n) is 12.4. The normalized spacial score (nSPS) is 13.2. The Morgan fingerprint density at radius 3 is 2.33 bits per heavy atom. The highest BCUT2D eigenvalue weighted by Crippen LogP contribution is 2.51. The minimum Gasteiger partial charge on any atom is -0.309 e. The lowest BCUT2D eigenvalue weighted by atomic mass is 9.82. The molecule has 4 heteroatoms. The predicted octanol–water partition coefficient (Wildman–Crippen LogP) is 11.5. The minimum atomic E-state index is -0.0311. The van der Waals surface area contributed by atoms with Gasteiger partial charge in [-0.15, -0.1) is 11.3 Å². The fourth-order valence-corrected chi connectivity index (χ4v) is 8.57. The molecule has 2 heterocycles. The van der Waals surface area contributed by atoms with Gasteiger partial charge in [0.25, 0.3) is 0 Å². The van der Waals surface area contributed by atoms with E-state index in [-0.39, 0.29) is 5.41 Å². The number of thiophene rings is 1. The minimum absolute atomic E-state index is 0.0311. The first-order chi connectivity index (χ1) is 22.0. The van der Waals surface area contributed by atoms with Gasteiger partial charge >= 0.3 is 0 Å². The third-order valence-corrected chi connectivity index (χ3v) is 10.8. The molecule has 1 aliphatic carbocycles. The molecule has 1 aliphatic rings. The van der Waals surface area contributed by atoms with Crippen LogP contribution in [0.15, 0.2) is 115 Å². The average molecular weight is 592 g/mol. The first-order valence-electron chi connectivity index (χ1n) is 15.0. The Bertz CT molecular complexity index is 2650. The zero-order valence-corrected chi connectivity index (χ0v) is 25.5. The van der Waals surface area contributed by atoms with Gasteiger partial charge in [0.15, 0.2) is 5.69 Å². The zero-order chi connectivity index (χ0) is 30.4. The summed E-state index contributed by atoms with van der Waals surface area (Å²) in [6, 6.07) is 42.9. The third-order valence-electron chi connectivity index (χ3n) is 9.64. The molecule has 0 unspecified atom stereocenters. The van der Waals surface area contributed by atoms with Gasteiger partial charge in [0.1, 0.15) is 0 Å². The van der Waals surface area contributed by atoms with Gasteiger partial charge < -0.3 is 4.57 Å². The van der Waals surface area contributed by atoms with Crippen LogP contribution in [-0.4, -0.2) is 4.57 Å². The van der Waals surface area contributed by atoms with Crippen LogP contribution in [-0.2, 0) is 5.41 Å². The number of hydrogen-bond donors (Lipinski definition) is 0. The molecule has 0 saturated heterocycles. The lowest BCUT2D eigenvalue weighted by molar-refractivity contribution is 0.661. The molecule has 0 spiro atoms. The molecule has 2 aromatic heterocycles. The average Bonchev–Trinajstić information content (AvgIpc) is 3.68. The Hall–Kier alpha value is -5.68. The summed E-state index contributed by atoms with van der Waals surface area (Å²) in [5.41, 5.74) is 11.8. The van der Waals surface area contributed by atoms with Crippen molar-refractivity contribution in [1.82, 2.24) is 4.57 Å². The molecule has 9 rings (SSSR count). The van der Waals surface area contributed by atoms with E-state index in [4.69, 9.17) is 6.57 Å². The summed E-state index contributed by atoms with van der Waals surface area (Å²) in [5, 5.41) is 14.6. The molecule has 0 bridgehead atoms. The molecule has 0 aliphatic heterocycles. The van der Waals surface area contributed by atoms with E-state index < -0.39 is 0 Å². The number of aromatic nitrogens is 1. The molecular weight excluding hydrogens is 567 g/mol. The van der Waals surface area contributed by atoms with Crippen molar-refractivity contribution in [3.8, 4) is 34.0 Å². The lowest BCUT2D eigenvalue weighted by Gasteiger charge is -2.21. The fraction of sp³-hybridized carbons (Fsp3) is 0.0732. The maximum Gasteiger partial charge on any atom is 0.188 e. The smallest absolute Gasteiger partial charge is 0.188 e. The second kappa shape index (κ2) is 9.16. The van der Waals surface area contributed by atoms with Gasteiger partial charge in [-0.1, -0.05) is 74.5 Å². The maximum atomic E-state index is 9.94. The Morgan fingerprint density at radius 2 is 1.47 bits per heavy atom. The molecule has 8 aromatic rings. The molecule has 0 saturated carbocycles. The Balaban J connectivity index is 1.31. The molecule has 3 nitrogen and oxygen atoms in total. The molecular formula is C41H25N3S. The molecule has 0 atom stereocenters. The van der Waals surface area contributed by atoms with Crippen LogP contribution >= 0.6 is 11.3 Å². The highest BCUT2D eigenvalue weighted by molar-refractivity contribution is 7.25. The first kappa shape index (κ1) is 25.8. The van der Waals surface area contributed by atoms with Crippen molar-refractivity contribution in [2.24, 2.45) is 0 Å². The summed E-state index contributed by atoms with van der Waals surface area (Å²) in [5.74, 6) is 0. The van der Waals surface area contributed by atoms with Gasteiger partial charge in [-0.2, -0.15) is 5.26 Å². The van der Waals surface area contributed by atoms with E-state index in [1.807, 2.05) is 53.8 Å². The number of rotatable bonds is 2. The van der Waals surface area contributed by atoms with Gasteiger partial charge in [-0.25, -0.2) is 4.85 Å². The van der Waals surface area contributed by atoms with E-state index >= 15 is 0 Å². The molecule has 210 valence electrons. The van der Waals surface area contributed by atoms with Crippen molar-refractivity contribution in [2.45, 2.75) is 19.3 Å². The number of para-hydroxylation sites is 1. The molecule has 6 aromatic carbocycles. The van der Waals surface area contributed by atoms with Crippen molar-refractivity contribution >= 4 is 59.0 Å². The third kappa shape index (κ3) is 3.55. The molecule has 0 radical (unpaired) electrons. The highest BCUT2D eigenvalue weighted by Gasteiger charge is 2.35. The summed E-state index contributed by atoms with van der Waals surface area (Å²) in [6.07, 6.45) is 0. The summed E-state index contributed by atoms with van der Waals surface area (Å²) >= 11 is 1.85. The van der Waals surface area contributed by atoms with Gasteiger partial charge in [0.05, 0.1) is 34.9 Å². The standard InChI is InChI=1S/C41H25N3S/c1-41(2)34-10-6-4-8-28(34)30-21-33-32-19-25(13-17-39(32)45-40(33)22-35(30)41)27-15-12-24(23-42)18-38(27)44-36-11-7-5-9-29(36)31-20-26(43-3)14-16-37(31)44/h4-22H,1-2H3. The van der Waals surface area contributed by atoms with E-state index in [1.54, 1.807) is 0 Å². The van der Waals surface area contributed by atoms with Crippen molar-refractivity contribution in [1.29, 1.82) is 5.26 Å². The van der Waals surface area contributed by atoms with Crippen molar-refractivity contribution < 1.29 is 0 Å². The quantitative estimate of drug-likeness (QED) is 0.184. The van der Waals surface area contributed by atoms with Crippen LogP contribution in [0.25, 0.3) is 74.8 Å². The highest BCUT2D eigenvalue weighted by atomic mass is 32.1. The predicted molar refractivity (Wildman–Crippen MR) is 188 cm³/mol. The second-order valence-corrected chi connectivity index (χ2v) is 13.5. The van der Waals surface area contributed by atoms with Crippen LogP contribution in [0.5, 0.6) is 0 Å². The van der Waals surface area contributed by atoms with Crippen LogP contribution in [0.3, 0.4) is 0 Å². The van der Waals surface area contributed by atoms with E-state index in [2.05, 4.69) is 102 Å². The van der Waals surface area contributed by atoms with E-state index in [0.717, 1.165) is 38.6 Å². The maximum absolute atomic E-state index is 9.94. The van der Waals surface area contributed by atoms with E-state index in [1.165, 1.54) is 42.4 Å². The Morgan fingerprint density at radius 1 is 0.667 bits per heavy atom. The summed E-state index contributed by atoms with van der Waals surface area (Å²) in [4.78, 5) is 3.69. The van der Waals surface area contributed by atoms with Crippen LogP contribution in [0.2, 0.25) is 0 Å². The van der Waals surface area contributed by atoms with Crippen LogP contribution in [0, 0.1) is 17.9 Å². The monoisotopic (exact) mass is 591 g/mol. The Labute approximate surface area is 264 Å². The first-order valence-corrected chi connectivity index (χ1v) is 15.8. The summed E-state index contributed by atoms with van der Waals surface area (Å²) in [6.45, 7) is 12.3. The van der Waals surface area contributed by atoms with Gasteiger partial charge in [0, 0.05) is 36.5 Å². The zero-order valence-electron chi connectivity index (χ0n) is 24.7. The number of benzene rings is 6. The van der Waals surface area contributed by atoms with E-state index in [9.17, 15) is 5.26 Å². The van der Waals surface area contributed by atoms with Gasteiger partial charge in [-0.3, -0.25) is 0 Å². The van der Waals surface area contributed by atoms with Crippen LogP contribution < -0.4 is 0 Å². The number of nitriles is 1. The van der Waals surface area contributed by atoms with Gasteiger partial charge in [-0.05, 0) is 87.8 Å². The summed E-state index contributed by atoms with van der Waals surface area (Å²) < 4.78 is 4.82. The largest absolute Gasteiger partial charge is 0.309 e. The number of hydrogen-bond acceptors (Lipinski definition) is 2. The number of nitrogens with zero attached hydrogens (tertiary/aromatic N) is 3. The lowest BCUT2D eigenvalue weighted by Crippen LogP contribution is -2.14. The van der Waals surface area contributed by atoms with Crippen molar-refractivity contribution in [3.63, 3.8) is 0 Å². The molecule has 45 heavy (non-hydrogen) atoms. The van der Waals surface area contributed by atoms with Crippen LogP contribution in [0.1, 0.15) is 30.5 Å². The van der Waals surface area contributed by atoms with Crippen molar-refractivity contribution in [2.75, 3.05) is 0 Å². The molecule has 0 fully saturated rings. The SMILES string of the molecule is [C-]#[N+]c1ccc2c(c1)c1ccccc1n2-c1cc(C#N)ccc1-c1ccc2sc3cc4c(cc3c2c1)-c1ccccc1C4(C)C. The summed E-state index contributed by atoms with van der Waals surface area (Å²) in [7, 11) is 0. The molecule has 0 amide bonds.